The molecule has 4 heteroatoms. The average Bonchev–Trinajstić information content (AvgIpc) is 2.37. The lowest BCUT2D eigenvalue weighted by Crippen LogP contribution is -2.10. The maximum Gasteiger partial charge on any atom is 0.338 e. The summed E-state index contributed by atoms with van der Waals surface area (Å²) in [5.41, 5.74) is 2.04. The van der Waals surface area contributed by atoms with Crippen LogP contribution >= 0.6 is 0 Å². The van der Waals surface area contributed by atoms with E-state index >= 15 is 0 Å². The Hall–Kier alpha value is -1.86. The van der Waals surface area contributed by atoms with Crippen LogP contribution < -0.4 is 0 Å². The van der Waals surface area contributed by atoms with Gasteiger partial charge in [-0.15, -0.1) is 0 Å². The summed E-state index contributed by atoms with van der Waals surface area (Å²) < 4.78 is 4.91. The van der Waals surface area contributed by atoms with E-state index in [-0.39, 0.29) is 13.2 Å². The van der Waals surface area contributed by atoms with Gasteiger partial charge in [-0.05, 0) is 36.6 Å². The van der Waals surface area contributed by atoms with Crippen LogP contribution in [0.1, 0.15) is 40.9 Å². The fraction of sp³-hybridized carbons (Fsp3) is 0.385. The molecule has 0 aliphatic heterocycles. The molecule has 0 fully saturated rings. The van der Waals surface area contributed by atoms with Crippen molar-refractivity contribution in [3.63, 3.8) is 0 Å². The molecule has 1 aromatic carbocycles. The lowest BCUT2D eigenvalue weighted by atomic mass is 9.98. The number of nitrogens with zero attached hydrogens (tertiary/aromatic N) is 1. The predicted octanol–water partition coefficient (Wildman–Crippen LogP) is 1.79. The largest absolute Gasteiger partial charge is 0.462 e. The molecule has 0 saturated heterocycles. The van der Waals surface area contributed by atoms with Crippen molar-refractivity contribution in [2.24, 2.45) is 0 Å². The molecule has 0 saturated carbocycles. The van der Waals surface area contributed by atoms with E-state index in [9.17, 15) is 9.90 Å². The third-order valence-corrected chi connectivity index (χ3v) is 2.50. The van der Waals surface area contributed by atoms with Crippen molar-refractivity contribution >= 4 is 5.97 Å². The highest BCUT2D eigenvalue weighted by Gasteiger charge is 2.15. The maximum atomic E-state index is 11.7. The molecule has 0 amide bonds. The van der Waals surface area contributed by atoms with Gasteiger partial charge in [0.15, 0.2) is 0 Å². The number of ether oxygens (including phenoxy) is 1. The van der Waals surface area contributed by atoms with Crippen molar-refractivity contribution < 1.29 is 14.6 Å². The minimum absolute atomic E-state index is 0.283. The summed E-state index contributed by atoms with van der Waals surface area (Å²) in [4.78, 5) is 11.7. The van der Waals surface area contributed by atoms with Crippen molar-refractivity contribution in [3.05, 3.63) is 34.4 Å². The number of aliphatic hydroxyl groups excluding tert-OH is 1. The van der Waals surface area contributed by atoms with E-state index in [1.54, 1.807) is 19.1 Å². The van der Waals surface area contributed by atoms with E-state index in [2.05, 4.69) is 6.07 Å². The monoisotopic (exact) mass is 233 g/mol. The van der Waals surface area contributed by atoms with Gasteiger partial charge in [0, 0.05) is 0 Å². The minimum atomic E-state index is -0.462. The highest BCUT2D eigenvalue weighted by molar-refractivity contribution is 5.91. The van der Waals surface area contributed by atoms with Crippen LogP contribution in [-0.2, 0) is 17.8 Å². The van der Waals surface area contributed by atoms with Crippen molar-refractivity contribution in [2.75, 3.05) is 6.61 Å². The van der Waals surface area contributed by atoms with Crippen LogP contribution in [0.25, 0.3) is 0 Å². The first-order chi connectivity index (χ1) is 8.17. The number of benzene rings is 1. The molecule has 1 rings (SSSR count). The minimum Gasteiger partial charge on any atom is -0.462 e. The topological polar surface area (TPSA) is 70.3 Å². The Labute approximate surface area is 100 Å². The fourth-order valence-corrected chi connectivity index (χ4v) is 1.62. The van der Waals surface area contributed by atoms with Gasteiger partial charge in [0.05, 0.1) is 30.4 Å². The molecule has 0 aromatic heterocycles. The van der Waals surface area contributed by atoms with Gasteiger partial charge in [-0.1, -0.05) is 6.92 Å². The Morgan fingerprint density at radius 1 is 1.41 bits per heavy atom. The van der Waals surface area contributed by atoms with E-state index < -0.39 is 5.97 Å². The average molecular weight is 233 g/mol. The summed E-state index contributed by atoms with van der Waals surface area (Å²) in [7, 11) is 0. The van der Waals surface area contributed by atoms with Gasteiger partial charge < -0.3 is 9.84 Å². The zero-order valence-electron chi connectivity index (χ0n) is 9.99. The third-order valence-electron chi connectivity index (χ3n) is 2.50. The van der Waals surface area contributed by atoms with Crippen LogP contribution in [0.15, 0.2) is 12.1 Å². The second-order valence-electron chi connectivity index (χ2n) is 3.51. The Morgan fingerprint density at radius 3 is 2.59 bits per heavy atom. The van der Waals surface area contributed by atoms with Crippen LogP contribution in [0.2, 0.25) is 0 Å². The van der Waals surface area contributed by atoms with E-state index in [0.29, 0.717) is 23.1 Å². The number of aliphatic hydroxyl groups is 1. The van der Waals surface area contributed by atoms with E-state index in [1.807, 2.05) is 6.92 Å². The number of hydrogen-bond donors (Lipinski definition) is 1. The van der Waals surface area contributed by atoms with Crippen LogP contribution in [0.4, 0.5) is 0 Å². The molecule has 0 aliphatic carbocycles. The number of carbonyl (C=O) groups excluding carboxylic acids is 1. The summed E-state index contributed by atoms with van der Waals surface area (Å²) in [6, 6.07) is 5.23. The molecule has 0 unspecified atom stereocenters. The number of rotatable bonds is 4. The van der Waals surface area contributed by atoms with Crippen molar-refractivity contribution in [1.29, 1.82) is 5.26 Å². The Bertz CT molecular complexity index is 460. The number of hydrogen-bond acceptors (Lipinski definition) is 4. The second kappa shape index (κ2) is 6.02. The first kappa shape index (κ1) is 13.2. The number of aryl methyl sites for hydroxylation is 1. The molecular weight excluding hydrogens is 218 g/mol. The summed E-state index contributed by atoms with van der Waals surface area (Å²) in [5, 5.41) is 18.2. The van der Waals surface area contributed by atoms with Gasteiger partial charge >= 0.3 is 5.97 Å². The second-order valence-corrected chi connectivity index (χ2v) is 3.51. The zero-order valence-corrected chi connectivity index (χ0v) is 9.99. The summed E-state index contributed by atoms with van der Waals surface area (Å²) in [6.45, 7) is 3.63. The van der Waals surface area contributed by atoms with E-state index in [0.717, 1.165) is 5.56 Å². The Kier molecular flexibility index (Phi) is 4.68. The van der Waals surface area contributed by atoms with Gasteiger partial charge in [-0.25, -0.2) is 4.79 Å². The zero-order chi connectivity index (χ0) is 12.8. The molecule has 0 heterocycles. The number of carbonyl (C=O) groups is 1. The molecule has 17 heavy (non-hydrogen) atoms. The standard InChI is InChI=1S/C13H15NO3/c1-3-9-6-12(13(16)17-4-2)11(8-15)5-10(9)7-14/h5-6,15H,3-4,8H2,1-2H3. The van der Waals surface area contributed by atoms with Gasteiger partial charge in [-0.3, -0.25) is 0 Å². The predicted molar refractivity (Wildman–Crippen MR) is 62.4 cm³/mol. The summed E-state index contributed by atoms with van der Waals surface area (Å²) in [6.07, 6.45) is 0.654. The molecule has 1 aromatic rings. The molecule has 1 N–H and O–H groups in total. The molecule has 0 atom stereocenters. The van der Waals surface area contributed by atoms with Crippen molar-refractivity contribution in [3.8, 4) is 6.07 Å². The third kappa shape index (κ3) is 2.83. The normalized spacial score (nSPS) is 9.76. The van der Waals surface area contributed by atoms with Gasteiger partial charge in [0.2, 0.25) is 0 Å². The number of nitriles is 1. The molecule has 90 valence electrons. The summed E-state index contributed by atoms with van der Waals surface area (Å²) in [5.74, 6) is -0.462. The molecule has 0 spiro atoms. The Balaban J connectivity index is 3.29. The van der Waals surface area contributed by atoms with Crippen LogP contribution in [0.3, 0.4) is 0 Å². The van der Waals surface area contributed by atoms with E-state index in [1.165, 1.54) is 0 Å². The highest BCUT2D eigenvalue weighted by Crippen LogP contribution is 2.18. The SMILES string of the molecule is CCOC(=O)c1cc(CC)c(C#N)cc1CO. The maximum absolute atomic E-state index is 11.7. The van der Waals surface area contributed by atoms with Crippen LogP contribution in [-0.4, -0.2) is 17.7 Å². The van der Waals surface area contributed by atoms with Gasteiger partial charge in [0.25, 0.3) is 0 Å². The lowest BCUT2D eigenvalue weighted by Gasteiger charge is -2.10. The molecule has 0 aliphatic rings. The van der Waals surface area contributed by atoms with Crippen molar-refractivity contribution in [2.45, 2.75) is 26.9 Å². The highest BCUT2D eigenvalue weighted by atomic mass is 16.5. The van der Waals surface area contributed by atoms with Crippen LogP contribution in [0, 0.1) is 11.3 Å². The lowest BCUT2D eigenvalue weighted by molar-refractivity contribution is 0.0522. The van der Waals surface area contributed by atoms with Crippen LogP contribution in [0.5, 0.6) is 0 Å². The number of esters is 1. The van der Waals surface area contributed by atoms with Gasteiger partial charge in [-0.2, -0.15) is 5.26 Å². The fourth-order valence-electron chi connectivity index (χ4n) is 1.62. The van der Waals surface area contributed by atoms with E-state index in [4.69, 9.17) is 10.00 Å². The summed E-state index contributed by atoms with van der Waals surface area (Å²) >= 11 is 0. The first-order valence-corrected chi connectivity index (χ1v) is 5.51. The smallest absolute Gasteiger partial charge is 0.338 e. The first-order valence-electron chi connectivity index (χ1n) is 5.51. The Morgan fingerprint density at radius 2 is 2.12 bits per heavy atom. The molecule has 4 nitrogen and oxygen atoms in total. The molecule has 0 radical (unpaired) electrons. The van der Waals surface area contributed by atoms with Gasteiger partial charge in [0.1, 0.15) is 0 Å². The molecular formula is C13H15NO3. The van der Waals surface area contributed by atoms with Crippen molar-refractivity contribution in [1.82, 2.24) is 0 Å². The quantitative estimate of drug-likeness (QED) is 0.805. The molecule has 0 bridgehead atoms.